The number of aryl methyl sites for hydroxylation is 3. The Balaban J connectivity index is 2.16. The molecule has 1 aromatic carbocycles. The van der Waals surface area contributed by atoms with Gasteiger partial charge < -0.3 is 10.3 Å². The molecule has 0 saturated heterocycles. The fraction of sp³-hybridized carbons (Fsp3) is 0.250. The first-order chi connectivity index (χ1) is 10.8. The van der Waals surface area contributed by atoms with Gasteiger partial charge in [0.1, 0.15) is 0 Å². The van der Waals surface area contributed by atoms with Crippen molar-refractivity contribution in [1.29, 1.82) is 0 Å². The molecule has 1 amide bonds. The summed E-state index contributed by atoms with van der Waals surface area (Å²) in [5.74, 6) is -0.387. The number of hydrogen-bond donors (Lipinski definition) is 2. The van der Waals surface area contributed by atoms with Crippen LogP contribution in [0, 0.1) is 30.9 Å². The Bertz CT molecular complexity index is 840. The summed E-state index contributed by atoms with van der Waals surface area (Å²) in [7, 11) is 0. The molecule has 0 aliphatic heterocycles. The van der Waals surface area contributed by atoms with Crippen LogP contribution < -0.4 is 10.9 Å². The number of rotatable bonds is 4. The monoisotopic (exact) mass is 315 g/mol. The second-order valence-corrected chi connectivity index (χ2v) is 5.38. The van der Waals surface area contributed by atoms with E-state index in [-0.39, 0.29) is 23.7 Å². The van der Waals surface area contributed by atoms with Gasteiger partial charge in [-0.25, -0.2) is 0 Å². The molecule has 0 bridgehead atoms. The van der Waals surface area contributed by atoms with Gasteiger partial charge in [-0.15, -0.1) is 0 Å². The minimum atomic E-state index is -0.494. The molecule has 0 aliphatic carbocycles. The van der Waals surface area contributed by atoms with Crippen molar-refractivity contribution in [3.63, 3.8) is 0 Å². The maximum absolute atomic E-state index is 12.1. The van der Waals surface area contributed by atoms with Gasteiger partial charge in [0.2, 0.25) is 0 Å². The number of aromatic amines is 1. The third-order valence-electron chi connectivity index (χ3n) is 3.58. The third-order valence-corrected chi connectivity index (χ3v) is 3.58. The van der Waals surface area contributed by atoms with Crippen molar-refractivity contribution < 1.29 is 9.72 Å². The van der Waals surface area contributed by atoms with Gasteiger partial charge in [0, 0.05) is 35.0 Å². The maximum atomic E-state index is 12.1. The molecule has 1 aromatic heterocycles. The summed E-state index contributed by atoms with van der Waals surface area (Å²) in [6.07, 6.45) is 0. The van der Waals surface area contributed by atoms with E-state index < -0.39 is 4.92 Å². The molecule has 0 fully saturated rings. The number of amides is 1. The van der Waals surface area contributed by atoms with Crippen molar-refractivity contribution in [3.8, 4) is 0 Å². The molecule has 23 heavy (non-hydrogen) atoms. The number of aromatic nitrogens is 1. The van der Waals surface area contributed by atoms with E-state index in [0.717, 1.165) is 11.3 Å². The molecule has 7 nitrogen and oxygen atoms in total. The van der Waals surface area contributed by atoms with Crippen molar-refractivity contribution >= 4 is 11.6 Å². The summed E-state index contributed by atoms with van der Waals surface area (Å²) in [4.78, 5) is 37.0. The molecule has 7 heteroatoms. The van der Waals surface area contributed by atoms with E-state index in [1.54, 1.807) is 20.8 Å². The Morgan fingerprint density at radius 2 is 1.91 bits per heavy atom. The number of nitro groups is 1. The van der Waals surface area contributed by atoms with E-state index in [4.69, 9.17) is 0 Å². The van der Waals surface area contributed by atoms with Crippen LogP contribution in [0.5, 0.6) is 0 Å². The van der Waals surface area contributed by atoms with Crippen molar-refractivity contribution in [2.24, 2.45) is 0 Å². The zero-order chi connectivity index (χ0) is 17.1. The van der Waals surface area contributed by atoms with E-state index in [1.165, 1.54) is 18.2 Å². The quantitative estimate of drug-likeness (QED) is 0.666. The number of nitrogens with zero attached hydrogens (tertiary/aromatic N) is 1. The number of nitro benzene ring substituents is 1. The van der Waals surface area contributed by atoms with Gasteiger partial charge in [0.25, 0.3) is 17.2 Å². The molecule has 0 aliphatic rings. The SMILES string of the molecule is Cc1cc(C)c(CNC(=O)c2ccc([N+](=O)[O-])c(C)c2)c(=O)[nH]1. The van der Waals surface area contributed by atoms with Crippen molar-refractivity contribution in [3.05, 3.63) is 72.7 Å². The maximum Gasteiger partial charge on any atom is 0.272 e. The van der Waals surface area contributed by atoms with Gasteiger partial charge in [-0.2, -0.15) is 0 Å². The standard InChI is InChI=1S/C16H17N3O4/c1-9-6-11(3)18-16(21)13(9)8-17-15(20)12-4-5-14(19(22)23)10(2)7-12/h4-7H,8H2,1-3H3,(H,17,20)(H,18,21). The normalized spacial score (nSPS) is 10.4. The average molecular weight is 315 g/mol. The molecule has 120 valence electrons. The van der Waals surface area contributed by atoms with Crippen LogP contribution in [-0.4, -0.2) is 15.8 Å². The predicted molar refractivity (Wildman–Crippen MR) is 85.5 cm³/mol. The fourth-order valence-electron chi connectivity index (χ4n) is 2.37. The molecular weight excluding hydrogens is 298 g/mol. The molecule has 0 radical (unpaired) electrons. The average Bonchev–Trinajstić information content (AvgIpc) is 2.45. The van der Waals surface area contributed by atoms with Crippen molar-refractivity contribution in [2.45, 2.75) is 27.3 Å². The third kappa shape index (κ3) is 3.63. The smallest absolute Gasteiger partial charge is 0.272 e. The molecule has 1 heterocycles. The Kier molecular flexibility index (Phi) is 4.59. The fourth-order valence-corrected chi connectivity index (χ4v) is 2.37. The van der Waals surface area contributed by atoms with Gasteiger partial charge in [0.05, 0.1) is 4.92 Å². The number of benzene rings is 1. The first kappa shape index (κ1) is 16.4. The first-order valence-corrected chi connectivity index (χ1v) is 7.02. The number of carbonyl (C=O) groups is 1. The lowest BCUT2D eigenvalue weighted by atomic mass is 10.1. The summed E-state index contributed by atoms with van der Waals surface area (Å²) in [6.45, 7) is 5.26. The summed E-state index contributed by atoms with van der Waals surface area (Å²) in [6, 6.07) is 5.99. The number of pyridine rings is 1. The van der Waals surface area contributed by atoms with E-state index >= 15 is 0 Å². The van der Waals surface area contributed by atoms with E-state index in [2.05, 4.69) is 10.3 Å². The zero-order valence-corrected chi connectivity index (χ0v) is 13.1. The lowest BCUT2D eigenvalue weighted by molar-refractivity contribution is -0.385. The van der Waals surface area contributed by atoms with Gasteiger partial charge in [-0.1, -0.05) is 0 Å². The van der Waals surface area contributed by atoms with Crippen LogP contribution >= 0.6 is 0 Å². The number of nitrogens with one attached hydrogen (secondary N) is 2. The minimum Gasteiger partial charge on any atom is -0.348 e. The van der Waals surface area contributed by atoms with Crippen LogP contribution in [0.15, 0.2) is 29.1 Å². The lowest BCUT2D eigenvalue weighted by Gasteiger charge is -2.08. The molecule has 2 aromatic rings. The molecule has 0 spiro atoms. The van der Waals surface area contributed by atoms with Crippen LogP contribution in [0.4, 0.5) is 5.69 Å². The first-order valence-electron chi connectivity index (χ1n) is 7.02. The highest BCUT2D eigenvalue weighted by Crippen LogP contribution is 2.18. The van der Waals surface area contributed by atoms with E-state index in [9.17, 15) is 19.7 Å². The summed E-state index contributed by atoms with van der Waals surface area (Å²) >= 11 is 0. The summed E-state index contributed by atoms with van der Waals surface area (Å²) < 4.78 is 0. The molecule has 0 saturated carbocycles. The second kappa shape index (κ2) is 6.43. The van der Waals surface area contributed by atoms with E-state index in [0.29, 0.717) is 16.7 Å². The molecule has 2 N–H and O–H groups in total. The van der Waals surface area contributed by atoms with Crippen LogP contribution in [0.2, 0.25) is 0 Å². The Morgan fingerprint density at radius 3 is 2.48 bits per heavy atom. The number of hydrogen-bond acceptors (Lipinski definition) is 4. The minimum absolute atomic E-state index is 0.0348. The second-order valence-electron chi connectivity index (χ2n) is 5.38. The number of carbonyl (C=O) groups excluding carboxylic acids is 1. The summed E-state index contributed by atoms with van der Waals surface area (Å²) in [5.41, 5.74) is 2.50. The topological polar surface area (TPSA) is 105 Å². The van der Waals surface area contributed by atoms with E-state index in [1.807, 2.05) is 6.07 Å². The lowest BCUT2D eigenvalue weighted by Crippen LogP contribution is -2.28. The summed E-state index contributed by atoms with van der Waals surface area (Å²) in [5, 5.41) is 13.4. The molecule has 0 unspecified atom stereocenters. The van der Waals surface area contributed by atoms with Crippen LogP contribution in [0.3, 0.4) is 0 Å². The Morgan fingerprint density at radius 1 is 1.22 bits per heavy atom. The van der Waals surface area contributed by atoms with Crippen LogP contribution in [-0.2, 0) is 6.54 Å². The molecule has 2 rings (SSSR count). The predicted octanol–water partition coefficient (Wildman–Crippen LogP) is 2.14. The highest BCUT2D eigenvalue weighted by Gasteiger charge is 2.14. The van der Waals surface area contributed by atoms with Gasteiger partial charge in [0.15, 0.2) is 0 Å². The molecular formula is C16H17N3O4. The highest BCUT2D eigenvalue weighted by atomic mass is 16.6. The van der Waals surface area contributed by atoms with Gasteiger partial charge >= 0.3 is 0 Å². The van der Waals surface area contributed by atoms with Crippen molar-refractivity contribution in [2.75, 3.05) is 0 Å². The van der Waals surface area contributed by atoms with Crippen LogP contribution in [0.25, 0.3) is 0 Å². The van der Waals surface area contributed by atoms with Gasteiger partial charge in [-0.3, -0.25) is 19.7 Å². The largest absolute Gasteiger partial charge is 0.348 e. The molecule has 0 atom stereocenters. The Hall–Kier alpha value is -2.96. The van der Waals surface area contributed by atoms with Gasteiger partial charge in [-0.05, 0) is 44.5 Å². The highest BCUT2D eigenvalue weighted by molar-refractivity contribution is 5.94. The van der Waals surface area contributed by atoms with Crippen LogP contribution in [0.1, 0.15) is 32.7 Å². The zero-order valence-electron chi connectivity index (χ0n) is 13.1. The van der Waals surface area contributed by atoms with Crippen molar-refractivity contribution in [1.82, 2.24) is 10.3 Å². The number of H-pyrrole nitrogens is 1. The Labute approximate surface area is 132 Å².